The van der Waals surface area contributed by atoms with Crippen LogP contribution in [0.5, 0.6) is 0 Å². The van der Waals surface area contributed by atoms with Crippen molar-refractivity contribution in [3.8, 4) is 0 Å². The van der Waals surface area contributed by atoms with Crippen molar-refractivity contribution in [2.24, 2.45) is 0 Å². The van der Waals surface area contributed by atoms with E-state index in [4.69, 9.17) is 0 Å². The van der Waals surface area contributed by atoms with Crippen LogP contribution in [0, 0.1) is 0 Å². The molecule has 0 radical (unpaired) electrons. The minimum absolute atomic E-state index is 0. The van der Waals surface area contributed by atoms with Crippen molar-refractivity contribution in [3.05, 3.63) is 0 Å². The van der Waals surface area contributed by atoms with E-state index >= 15 is 0 Å². The van der Waals surface area contributed by atoms with Crippen LogP contribution in [0.2, 0.25) is 0 Å². The summed E-state index contributed by atoms with van der Waals surface area (Å²) in [6, 6.07) is 0. The Kier molecular flexibility index (Phi) is 3.55. The minimum atomic E-state index is -0.544. The van der Waals surface area contributed by atoms with Crippen molar-refractivity contribution < 1.29 is 14.3 Å². The van der Waals surface area contributed by atoms with E-state index in [1.165, 1.54) is 0 Å². The van der Waals surface area contributed by atoms with Gasteiger partial charge in [-0.15, -0.1) is 9.24 Å². The highest BCUT2D eigenvalue weighted by atomic mass is 31.0. The van der Waals surface area contributed by atoms with Crippen LogP contribution in [0.25, 0.3) is 0 Å². The Balaban J connectivity index is 0.000000640. The van der Waals surface area contributed by atoms with Gasteiger partial charge in [0.2, 0.25) is 0 Å². The van der Waals surface area contributed by atoms with Gasteiger partial charge in [0.1, 0.15) is 12.7 Å². The van der Waals surface area contributed by atoms with Gasteiger partial charge >= 0.3 is 6.16 Å². The van der Waals surface area contributed by atoms with Gasteiger partial charge in [0, 0.05) is 6.16 Å². The lowest BCUT2D eigenvalue weighted by Gasteiger charge is -1.97. The number of hydrogen-bond donors (Lipinski definition) is 0. The summed E-state index contributed by atoms with van der Waals surface area (Å²) in [5.74, 6) is 0. The summed E-state index contributed by atoms with van der Waals surface area (Å²) >= 11 is 0. The first-order valence-corrected chi connectivity index (χ1v) is 3.18. The molecular formula is C5H11O3P. The molecule has 2 atom stereocenters. The van der Waals surface area contributed by atoms with Crippen LogP contribution < -0.4 is 0 Å². The molecule has 4 heteroatoms. The summed E-state index contributed by atoms with van der Waals surface area (Å²) in [7, 11) is 2.48. The monoisotopic (exact) mass is 150 g/mol. The van der Waals surface area contributed by atoms with Gasteiger partial charge < -0.3 is 9.47 Å². The molecule has 0 aliphatic carbocycles. The van der Waals surface area contributed by atoms with E-state index in [9.17, 15) is 4.79 Å². The van der Waals surface area contributed by atoms with Crippen LogP contribution in [0.3, 0.4) is 0 Å². The molecule has 0 aromatic carbocycles. The minimum Gasteiger partial charge on any atom is -0.430 e. The molecule has 2 unspecified atom stereocenters. The van der Waals surface area contributed by atoms with Gasteiger partial charge in [-0.25, -0.2) is 4.79 Å². The third-order valence-corrected chi connectivity index (χ3v) is 1.44. The fourth-order valence-corrected chi connectivity index (χ4v) is 0.714. The fraction of sp³-hybridized carbons (Fsp3) is 0.800. The smallest absolute Gasteiger partial charge is 0.430 e. The zero-order valence-corrected chi connectivity index (χ0v) is 5.45. The van der Waals surface area contributed by atoms with Crippen molar-refractivity contribution >= 4 is 15.4 Å². The van der Waals surface area contributed by atoms with Crippen molar-refractivity contribution in [2.75, 3.05) is 12.8 Å². The first-order chi connectivity index (χ1) is 3.83. The molecule has 3 nitrogen and oxygen atoms in total. The van der Waals surface area contributed by atoms with Crippen LogP contribution in [0.1, 0.15) is 7.43 Å². The molecule has 1 heterocycles. The van der Waals surface area contributed by atoms with E-state index < -0.39 is 6.16 Å². The average Bonchev–Trinajstić information content (AvgIpc) is 2.14. The first-order valence-electron chi connectivity index (χ1n) is 2.36. The molecule has 0 amide bonds. The molecule has 1 saturated heterocycles. The molecule has 1 aliphatic heterocycles. The highest BCUT2D eigenvalue weighted by Gasteiger charge is 2.22. The van der Waals surface area contributed by atoms with Crippen LogP contribution in [0.15, 0.2) is 0 Å². The molecule has 1 rings (SSSR count). The Morgan fingerprint density at radius 2 is 2.44 bits per heavy atom. The molecule has 1 aliphatic rings. The highest BCUT2D eigenvalue weighted by molar-refractivity contribution is 7.16. The van der Waals surface area contributed by atoms with Crippen molar-refractivity contribution in [2.45, 2.75) is 13.5 Å². The Hall–Kier alpha value is -0.300. The first kappa shape index (κ1) is 8.70. The van der Waals surface area contributed by atoms with E-state index in [-0.39, 0.29) is 13.5 Å². The predicted octanol–water partition coefficient (Wildman–Crippen LogP) is 1.03. The Bertz CT molecular complexity index is 104. The molecule has 0 N–H and O–H groups in total. The van der Waals surface area contributed by atoms with E-state index in [0.717, 1.165) is 6.16 Å². The molecule has 0 spiro atoms. The van der Waals surface area contributed by atoms with Gasteiger partial charge in [0.25, 0.3) is 0 Å². The number of carbonyl (C=O) groups excluding carboxylic acids is 1. The van der Waals surface area contributed by atoms with E-state index in [1.54, 1.807) is 0 Å². The second kappa shape index (κ2) is 3.67. The Labute approximate surface area is 56.9 Å². The van der Waals surface area contributed by atoms with Crippen LogP contribution >= 0.6 is 9.24 Å². The normalized spacial score (nSPS) is 24.1. The lowest BCUT2D eigenvalue weighted by molar-refractivity contribution is 0.122. The summed E-state index contributed by atoms with van der Waals surface area (Å²) in [6.45, 7) is 0.405. The molecular weight excluding hydrogens is 139 g/mol. The molecule has 0 aromatic rings. The summed E-state index contributed by atoms with van der Waals surface area (Å²) in [5, 5.41) is 0. The number of carbonyl (C=O) groups is 1. The Morgan fingerprint density at radius 1 is 1.78 bits per heavy atom. The molecule has 0 saturated carbocycles. The molecule has 54 valence electrons. The van der Waals surface area contributed by atoms with Crippen LogP contribution in [0.4, 0.5) is 4.79 Å². The maximum atomic E-state index is 10.2. The fourth-order valence-electron chi connectivity index (χ4n) is 0.481. The topological polar surface area (TPSA) is 35.5 Å². The van der Waals surface area contributed by atoms with Gasteiger partial charge in [-0.3, -0.25) is 0 Å². The number of cyclic esters (lactones) is 2. The van der Waals surface area contributed by atoms with Gasteiger partial charge in [-0.1, -0.05) is 7.43 Å². The number of hydrogen-bond acceptors (Lipinski definition) is 3. The van der Waals surface area contributed by atoms with Gasteiger partial charge in [0.05, 0.1) is 0 Å². The van der Waals surface area contributed by atoms with Crippen LogP contribution in [-0.4, -0.2) is 25.0 Å². The van der Waals surface area contributed by atoms with E-state index in [2.05, 4.69) is 18.7 Å². The SMILES string of the molecule is C.O=C1OCC(CP)O1. The molecule has 1 fully saturated rings. The summed E-state index contributed by atoms with van der Waals surface area (Å²) in [4.78, 5) is 10.2. The predicted molar refractivity (Wildman–Crippen MR) is 37.5 cm³/mol. The average molecular weight is 150 g/mol. The maximum absolute atomic E-state index is 10.2. The standard InChI is InChI=1S/C4H7O3P.CH4/c5-4-6-1-3(2-8)7-4;/h3H,1-2,8H2;1H4. The summed E-state index contributed by atoms with van der Waals surface area (Å²) in [6.07, 6.45) is 0.177. The highest BCUT2D eigenvalue weighted by Crippen LogP contribution is 2.07. The lowest BCUT2D eigenvalue weighted by Crippen LogP contribution is -2.10. The molecule has 9 heavy (non-hydrogen) atoms. The van der Waals surface area contributed by atoms with Gasteiger partial charge in [-0.05, 0) is 0 Å². The third-order valence-electron chi connectivity index (χ3n) is 0.913. The quantitative estimate of drug-likeness (QED) is 0.413. The van der Waals surface area contributed by atoms with Crippen molar-refractivity contribution in [1.82, 2.24) is 0 Å². The molecule has 0 bridgehead atoms. The van der Waals surface area contributed by atoms with Gasteiger partial charge in [-0.2, -0.15) is 0 Å². The molecule has 0 aromatic heterocycles. The third kappa shape index (κ3) is 2.19. The zero-order chi connectivity index (χ0) is 5.98. The van der Waals surface area contributed by atoms with Crippen LogP contribution in [-0.2, 0) is 9.47 Å². The maximum Gasteiger partial charge on any atom is 0.508 e. The van der Waals surface area contributed by atoms with Crippen molar-refractivity contribution in [1.29, 1.82) is 0 Å². The zero-order valence-electron chi connectivity index (χ0n) is 4.29. The number of rotatable bonds is 1. The number of ether oxygens (including phenoxy) is 2. The van der Waals surface area contributed by atoms with Crippen molar-refractivity contribution in [3.63, 3.8) is 0 Å². The Morgan fingerprint density at radius 3 is 2.67 bits per heavy atom. The lowest BCUT2D eigenvalue weighted by atomic mass is 10.4. The summed E-state index contributed by atoms with van der Waals surface area (Å²) < 4.78 is 9.11. The second-order valence-electron chi connectivity index (χ2n) is 1.54. The summed E-state index contributed by atoms with van der Waals surface area (Å²) in [5.41, 5.74) is 0. The van der Waals surface area contributed by atoms with Gasteiger partial charge in [0.15, 0.2) is 0 Å². The largest absolute Gasteiger partial charge is 0.508 e. The second-order valence-corrected chi connectivity index (χ2v) is 2.01. The van der Waals surface area contributed by atoms with E-state index in [0.29, 0.717) is 6.61 Å². The van der Waals surface area contributed by atoms with E-state index in [1.807, 2.05) is 0 Å².